The summed E-state index contributed by atoms with van der Waals surface area (Å²) < 4.78 is 0. The van der Waals surface area contributed by atoms with Gasteiger partial charge in [-0.05, 0) is 31.2 Å². The van der Waals surface area contributed by atoms with E-state index >= 15 is 0 Å². The molecule has 1 aromatic carbocycles. The second-order valence-electron chi connectivity index (χ2n) is 5.55. The molecule has 1 N–H and O–H groups in total. The van der Waals surface area contributed by atoms with Crippen LogP contribution in [0.2, 0.25) is 5.02 Å². The standard InChI is InChI=1S/C16H18ClN3OS/c1-20-9-8-13-14(10-20)22-16(18-13)19-15(21)7-4-11-2-5-12(17)6-3-11/h2-3,5-6H,4,7-10H2,1H3,(H,18,19,21). The number of thiazole rings is 1. The lowest BCUT2D eigenvalue weighted by atomic mass is 10.1. The van der Waals surface area contributed by atoms with E-state index < -0.39 is 0 Å². The number of likely N-dealkylation sites (N-methyl/N-ethyl adjacent to an activating group) is 1. The second-order valence-corrected chi connectivity index (χ2v) is 7.07. The number of carbonyl (C=O) groups excluding carboxylic acids is 1. The molecular formula is C16H18ClN3OS. The molecule has 0 bridgehead atoms. The van der Waals surface area contributed by atoms with Crippen LogP contribution in [0.25, 0.3) is 0 Å². The Bertz CT molecular complexity index is 669. The van der Waals surface area contributed by atoms with E-state index in [-0.39, 0.29) is 5.91 Å². The lowest BCUT2D eigenvalue weighted by Crippen LogP contribution is -2.25. The second kappa shape index (κ2) is 6.77. The van der Waals surface area contributed by atoms with Crippen LogP contribution in [0.15, 0.2) is 24.3 Å². The van der Waals surface area contributed by atoms with Gasteiger partial charge in [0.1, 0.15) is 0 Å². The Hall–Kier alpha value is -1.43. The number of aryl methyl sites for hydroxylation is 1. The fourth-order valence-electron chi connectivity index (χ4n) is 2.47. The third-order valence-electron chi connectivity index (χ3n) is 3.72. The van der Waals surface area contributed by atoms with Crippen LogP contribution < -0.4 is 5.32 Å². The molecular weight excluding hydrogens is 318 g/mol. The maximum absolute atomic E-state index is 12.0. The van der Waals surface area contributed by atoms with Gasteiger partial charge in [0.05, 0.1) is 5.69 Å². The van der Waals surface area contributed by atoms with Gasteiger partial charge in [0.25, 0.3) is 0 Å². The van der Waals surface area contributed by atoms with E-state index in [0.717, 1.165) is 35.9 Å². The van der Waals surface area contributed by atoms with Crippen LogP contribution in [0.4, 0.5) is 5.13 Å². The highest BCUT2D eigenvalue weighted by atomic mass is 35.5. The van der Waals surface area contributed by atoms with Gasteiger partial charge < -0.3 is 10.2 Å². The first-order chi connectivity index (χ1) is 10.6. The van der Waals surface area contributed by atoms with Crippen molar-refractivity contribution in [3.63, 3.8) is 0 Å². The Morgan fingerprint density at radius 3 is 2.95 bits per heavy atom. The lowest BCUT2D eigenvalue weighted by Gasteiger charge is -2.20. The van der Waals surface area contributed by atoms with Crippen molar-refractivity contribution in [1.82, 2.24) is 9.88 Å². The predicted octanol–water partition coefficient (Wildman–Crippen LogP) is 3.36. The molecule has 1 aliphatic heterocycles. The molecule has 0 radical (unpaired) electrons. The first kappa shape index (κ1) is 15.5. The number of hydrogen-bond donors (Lipinski definition) is 1. The van der Waals surface area contributed by atoms with Crippen molar-refractivity contribution in [2.45, 2.75) is 25.8 Å². The van der Waals surface area contributed by atoms with E-state index in [4.69, 9.17) is 11.6 Å². The number of benzene rings is 1. The summed E-state index contributed by atoms with van der Waals surface area (Å²) in [5.74, 6) is 0.00871. The Morgan fingerprint density at radius 2 is 2.18 bits per heavy atom. The molecule has 3 rings (SSSR count). The number of anilines is 1. The van der Waals surface area contributed by atoms with Gasteiger partial charge in [0.2, 0.25) is 5.91 Å². The number of nitrogens with one attached hydrogen (secondary N) is 1. The zero-order chi connectivity index (χ0) is 15.5. The molecule has 0 unspecified atom stereocenters. The number of aromatic nitrogens is 1. The van der Waals surface area contributed by atoms with E-state index in [0.29, 0.717) is 17.9 Å². The lowest BCUT2D eigenvalue weighted by molar-refractivity contribution is -0.116. The summed E-state index contributed by atoms with van der Waals surface area (Å²) in [5.41, 5.74) is 2.25. The summed E-state index contributed by atoms with van der Waals surface area (Å²) in [5, 5.41) is 4.36. The van der Waals surface area contributed by atoms with Gasteiger partial charge in [-0.1, -0.05) is 23.7 Å². The number of carbonyl (C=O) groups is 1. The molecule has 0 saturated heterocycles. The minimum atomic E-state index is 0.00871. The van der Waals surface area contributed by atoms with Crippen molar-refractivity contribution < 1.29 is 4.79 Å². The minimum Gasteiger partial charge on any atom is -0.302 e. The van der Waals surface area contributed by atoms with Crippen molar-refractivity contribution in [2.24, 2.45) is 0 Å². The zero-order valence-corrected chi connectivity index (χ0v) is 14.0. The number of halogens is 1. The van der Waals surface area contributed by atoms with Gasteiger partial charge in [-0.2, -0.15) is 0 Å². The molecule has 22 heavy (non-hydrogen) atoms. The smallest absolute Gasteiger partial charge is 0.226 e. The largest absolute Gasteiger partial charge is 0.302 e. The first-order valence-electron chi connectivity index (χ1n) is 7.31. The molecule has 2 aromatic rings. The number of fused-ring (bicyclic) bond motifs is 1. The Morgan fingerprint density at radius 1 is 1.41 bits per heavy atom. The van der Waals surface area contributed by atoms with Crippen LogP contribution in [0.5, 0.6) is 0 Å². The number of rotatable bonds is 4. The van der Waals surface area contributed by atoms with Gasteiger partial charge in [-0.25, -0.2) is 4.98 Å². The van der Waals surface area contributed by atoms with E-state index in [9.17, 15) is 4.79 Å². The van der Waals surface area contributed by atoms with Crippen LogP contribution in [-0.4, -0.2) is 29.4 Å². The molecule has 0 saturated carbocycles. The maximum atomic E-state index is 12.0. The highest BCUT2D eigenvalue weighted by Crippen LogP contribution is 2.27. The number of amides is 1. The van der Waals surface area contributed by atoms with Crippen LogP contribution in [0.3, 0.4) is 0 Å². The molecule has 1 amide bonds. The summed E-state index contributed by atoms with van der Waals surface area (Å²) in [6.45, 7) is 1.95. The Labute approximate surface area is 139 Å². The summed E-state index contributed by atoms with van der Waals surface area (Å²) in [6.07, 6.45) is 2.12. The third kappa shape index (κ3) is 3.85. The van der Waals surface area contributed by atoms with Crippen LogP contribution >= 0.6 is 22.9 Å². The molecule has 4 nitrogen and oxygen atoms in total. The van der Waals surface area contributed by atoms with Crippen LogP contribution in [-0.2, 0) is 24.2 Å². The molecule has 0 aliphatic carbocycles. The first-order valence-corrected chi connectivity index (χ1v) is 8.51. The van der Waals surface area contributed by atoms with Crippen molar-refractivity contribution in [3.05, 3.63) is 45.4 Å². The van der Waals surface area contributed by atoms with E-state index in [1.807, 2.05) is 24.3 Å². The zero-order valence-electron chi connectivity index (χ0n) is 12.4. The fraction of sp³-hybridized carbons (Fsp3) is 0.375. The average molecular weight is 336 g/mol. The minimum absolute atomic E-state index is 0.00871. The molecule has 0 fully saturated rings. The SMILES string of the molecule is CN1CCc2nc(NC(=O)CCc3ccc(Cl)cc3)sc2C1. The highest BCUT2D eigenvalue weighted by Gasteiger charge is 2.18. The normalized spacial score (nSPS) is 14.6. The average Bonchev–Trinajstić information content (AvgIpc) is 2.88. The summed E-state index contributed by atoms with van der Waals surface area (Å²) >= 11 is 7.44. The highest BCUT2D eigenvalue weighted by molar-refractivity contribution is 7.15. The van der Waals surface area contributed by atoms with E-state index in [2.05, 4.69) is 22.2 Å². The summed E-state index contributed by atoms with van der Waals surface area (Å²) in [7, 11) is 2.10. The quantitative estimate of drug-likeness (QED) is 0.932. The summed E-state index contributed by atoms with van der Waals surface area (Å²) in [6, 6.07) is 7.60. The van der Waals surface area contributed by atoms with Gasteiger partial charge in [0, 0.05) is 35.8 Å². The molecule has 1 aliphatic rings. The molecule has 6 heteroatoms. The van der Waals surface area contributed by atoms with E-state index in [1.165, 1.54) is 4.88 Å². The fourth-order valence-corrected chi connectivity index (χ4v) is 3.70. The van der Waals surface area contributed by atoms with Crippen molar-refractivity contribution in [3.8, 4) is 0 Å². The van der Waals surface area contributed by atoms with Gasteiger partial charge in [0.15, 0.2) is 5.13 Å². The van der Waals surface area contributed by atoms with Gasteiger partial charge >= 0.3 is 0 Å². The van der Waals surface area contributed by atoms with Gasteiger partial charge in [-0.3, -0.25) is 4.79 Å². The van der Waals surface area contributed by atoms with Crippen molar-refractivity contribution in [2.75, 3.05) is 18.9 Å². The maximum Gasteiger partial charge on any atom is 0.226 e. The number of hydrogen-bond acceptors (Lipinski definition) is 4. The topological polar surface area (TPSA) is 45.2 Å². The molecule has 0 atom stereocenters. The third-order valence-corrected chi connectivity index (χ3v) is 4.97. The molecule has 2 heterocycles. The molecule has 1 aromatic heterocycles. The molecule has 116 valence electrons. The van der Waals surface area contributed by atoms with Crippen molar-refractivity contribution in [1.29, 1.82) is 0 Å². The molecule has 0 spiro atoms. The van der Waals surface area contributed by atoms with Crippen LogP contribution in [0.1, 0.15) is 22.6 Å². The summed E-state index contributed by atoms with van der Waals surface area (Å²) in [4.78, 5) is 20.1. The number of nitrogens with zero attached hydrogens (tertiary/aromatic N) is 2. The Balaban J connectivity index is 1.54. The monoisotopic (exact) mass is 335 g/mol. The van der Waals surface area contributed by atoms with Crippen LogP contribution in [0, 0.1) is 0 Å². The Kier molecular flexibility index (Phi) is 4.76. The van der Waals surface area contributed by atoms with Gasteiger partial charge in [-0.15, -0.1) is 11.3 Å². The van der Waals surface area contributed by atoms with Crippen molar-refractivity contribution >= 4 is 34.0 Å². The predicted molar refractivity (Wildman–Crippen MR) is 90.6 cm³/mol. The van der Waals surface area contributed by atoms with E-state index in [1.54, 1.807) is 11.3 Å².